The molecule has 2 aliphatic heterocycles. The van der Waals surface area contributed by atoms with E-state index in [2.05, 4.69) is 22.6 Å². The Hall–Kier alpha value is -3.45. The third kappa shape index (κ3) is 8.48. The topological polar surface area (TPSA) is 151 Å². The summed E-state index contributed by atoms with van der Waals surface area (Å²) in [4.78, 5) is 42.5. The van der Waals surface area contributed by atoms with Gasteiger partial charge in [0.2, 0.25) is 0 Å². The van der Waals surface area contributed by atoms with E-state index in [1.807, 2.05) is 58.2 Å². The number of ketones is 1. The van der Waals surface area contributed by atoms with Gasteiger partial charge in [-0.1, -0.05) is 38.1 Å². The molecule has 13 heteroatoms. The summed E-state index contributed by atoms with van der Waals surface area (Å²) >= 11 is 0. The molecule has 0 spiro atoms. The molecule has 1 aromatic carbocycles. The minimum atomic E-state index is -1.16. The first kappa shape index (κ1) is 38.4. The number of nitrogen functional groups attached to an aromatic ring is 1. The second kappa shape index (κ2) is 16.1. The summed E-state index contributed by atoms with van der Waals surface area (Å²) in [5.41, 5.74) is 6.31. The predicted molar refractivity (Wildman–Crippen MR) is 189 cm³/mol. The number of amides is 1. The summed E-state index contributed by atoms with van der Waals surface area (Å²) < 4.78 is 19.9. The third-order valence-electron chi connectivity index (χ3n) is 10.8. The lowest BCUT2D eigenvalue weighted by molar-refractivity contribution is -0.170. The number of rotatable bonds is 8. The number of benzene rings is 1. The maximum absolute atomic E-state index is 13.6. The van der Waals surface area contributed by atoms with Crippen molar-refractivity contribution in [3.63, 3.8) is 0 Å². The molecular formula is C36H55BN6O6. The Morgan fingerprint density at radius 3 is 2.51 bits per heavy atom. The van der Waals surface area contributed by atoms with E-state index in [1.165, 1.54) is 0 Å². The molecule has 3 heterocycles. The molecule has 2 radical (unpaired) electrons. The van der Waals surface area contributed by atoms with E-state index in [0.29, 0.717) is 44.6 Å². The van der Waals surface area contributed by atoms with Gasteiger partial charge < -0.3 is 25.3 Å². The molecule has 2 aromatic rings. The number of carbonyl (C=O) groups excluding carboxylic acids is 3. The number of ether oxygens (including phenoxy) is 3. The number of aromatic nitrogens is 3. The lowest BCUT2D eigenvalue weighted by Crippen LogP contribution is -2.60. The van der Waals surface area contributed by atoms with Crippen LogP contribution in [0.1, 0.15) is 80.6 Å². The second-order valence-electron chi connectivity index (χ2n) is 14.5. The van der Waals surface area contributed by atoms with Crippen LogP contribution in [0.25, 0.3) is 11.3 Å². The number of fused-ring (bicyclic) bond motifs is 1. The zero-order valence-electron chi connectivity index (χ0n) is 30.5. The van der Waals surface area contributed by atoms with Crippen LogP contribution >= 0.6 is 0 Å². The van der Waals surface area contributed by atoms with Crippen molar-refractivity contribution in [1.82, 2.24) is 25.2 Å². The van der Waals surface area contributed by atoms with Gasteiger partial charge in [0, 0.05) is 43.4 Å². The van der Waals surface area contributed by atoms with E-state index in [-0.39, 0.29) is 17.7 Å². The number of nitrogens with one attached hydrogen (secondary N) is 1. The lowest BCUT2D eigenvalue weighted by atomic mass is 9.62. The fraction of sp³-hybridized carbons (Fsp3) is 0.694. The molecule has 4 rings (SSSR count). The van der Waals surface area contributed by atoms with Gasteiger partial charge in [-0.25, -0.2) is 4.79 Å². The molecule has 12 nitrogen and oxygen atoms in total. The number of cyclic esters (lactones) is 1. The fourth-order valence-corrected chi connectivity index (χ4v) is 7.66. The maximum atomic E-state index is 13.6. The number of nitrogens with zero attached hydrogens (tertiary/aromatic N) is 4. The van der Waals surface area contributed by atoms with Crippen LogP contribution in [0.15, 0.2) is 30.5 Å². The van der Waals surface area contributed by atoms with Crippen molar-refractivity contribution in [2.24, 2.45) is 17.8 Å². The van der Waals surface area contributed by atoms with Crippen molar-refractivity contribution in [3.05, 3.63) is 30.5 Å². The number of hydrogen-bond acceptors (Lipinski definition) is 10. The smallest absolute Gasteiger partial charge is 0.410 e. The van der Waals surface area contributed by atoms with E-state index in [4.69, 9.17) is 27.8 Å². The van der Waals surface area contributed by atoms with Crippen molar-refractivity contribution < 1.29 is 28.6 Å². The van der Waals surface area contributed by atoms with Crippen LogP contribution < -0.4 is 11.1 Å². The number of methoxy groups -OCH3 is 1. The SMILES string of the molecule is [B][C@@H]1[C@@H](C)C(=O)[C@@H](C)C(=O)O[C@H](CC)[C@@]2(C)OC(=O)N(CCCCn3cc(-c4cccc(N)c4)nn3)[C@@H]2[C@H](C)NCC[C@@H](C)C[C@@]1(C)OC. The van der Waals surface area contributed by atoms with Gasteiger partial charge in [-0.3, -0.25) is 19.2 Å². The largest absolute Gasteiger partial charge is 0.458 e. The molecule has 9 atom stereocenters. The standard InChI is InChI=1S/C36H55BN6O6/c1-9-29-36(7)32(43(34(46)49-36)18-11-10-17-42-21-28(40-41-42)26-13-12-14-27(38)19-26)25(5)39-16-15-22(2)20-35(6,47-8)31(37)23(3)30(44)24(4)33(45)48-29/h12-14,19,21-25,29,31-32,39H,9-11,15-18,20,38H2,1-8H3/t22-,23+,24-,25+,29-,31-,32-,35-,36-/m1/s1. The first-order chi connectivity index (χ1) is 23.1. The number of Topliss-reactive ketones (excluding diaryl/α,β-unsaturated/α-hetero) is 1. The minimum Gasteiger partial charge on any atom is -0.458 e. The third-order valence-corrected chi connectivity index (χ3v) is 10.8. The summed E-state index contributed by atoms with van der Waals surface area (Å²) in [6, 6.07) is 6.88. The van der Waals surface area contributed by atoms with Crippen LogP contribution in [-0.2, 0) is 30.3 Å². The molecule has 0 saturated carbocycles. The average Bonchev–Trinajstić information content (AvgIpc) is 3.65. The number of nitrogens with two attached hydrogens (primary N) is 1. The normalized spacial score (nSPS) is 33.6. The molecule has 1 amide bonds. The predicted octanol–water partition coefficient (Wildman–Crippen LogP) is 4.82. The van der Waals surface area contributed by atoms with E-state index >= 15 is 0 Å². The summed E-state index contributed by atoms with van der Waals surface area (Å²) in [6.45, 7) is 14.9. The quantitative estimate of drug-likeness (QED) is 0.131. The monoisotopic (exact) mass is 678 g/mol. The highest BCUT2D eigenvalue weighted by Crippen LogP contribution is 2.40. The van der Waals surface area contributed by atoms with E-state index in [0.717, 1.165) is 24.1 Å². The Morgan fingerprint density at radius 2 is 1.84 bits per heavy atom. The molecule has 2 fully saturated rings. The number of hydrogen-bond donors (Lipinski definition) is 2. The van der Waals surface area contributed by atoms with Gasteiger partial charge >= 0.3 is 12.1 Å². The van der Waals surface area contributed by atoms with Crippen LogP contribution in [0.4, 0.5) is 10.5 Å². The zero-order valence-corrected chi connectivity index (χ0v) is 30.5. The summed E-state index contributed by atoms with van der Waals surface area (Å²) in [7, 11) is 8.27. The number of unbranched alkanes of at least 4 members (excludes halogenated alkanes) is 1. The molecule has 49 heavy (non-hydrogen) atoms. The molecule has 1 aromatic heterocycles. The van der Waals surface area contributed by atoms with Gasteiger partial charge in [-0.05, 0) is 90.2 Å². The van der Waals surface area contributed by atoms with Crippen LogP contribution in [0, 0.1) is 17.8 Å². The van der Waals surface area contributed by atoms with Gasteiger partial charge in [-0.15, -0.1) is 5.10 Å². The van der Waals surface area contributed by atoms with E-state index < -0.39 is 53.1 Å². The van der Waals surface area contributed by atoms with Crippen molar-refractivity contribution in [1.29, 1.82) is 0 Å². The first-order valence-corrected chi connectivity index (χ1v) is 17.7. The molecule has 0 aliphatic carbocycles. The van der Waals surface area contributed by atoms with Crippen LogP contribution in [0.3, 0.4) is 0 Å². The van der Waals surface area contributed by atoms with Gasteiger partial charge in [0.1, 0.15) is 23.5 Å². The number of esters is 1. The summed E-state index contributed by atoms with van der Waals surface area (Å²) in [5, 5.41) is 12.2. The lowest BCUT2D eigenvalue weighted by Gasteiger charge is -2.42. The Bertz CT molecular complexity index is 1460. The maximum Gasteiger partial charge on any atom is 0.410 e. The van der Waals surface area contributed by atoms with E-state index in [1.54, 1.807) is 30.5 Å². The van der Waals surface area contributed by atoms with E-state index in [9.17, 15) is 14.4 Å². The fourth-order valence-electron chi connectivity index (χ4n) is 7.66. The van der Waals surface area contributed by atoms with Crippen molar-refractivity contribution >= 4 is 31.4 Å². The zero-order chi connectivity index (χ0) is 36.1. The van der Waals surface area contributed by atoms with Crippen molar-refractivity contribution in [2.45, 2.75) is 122 Å². The van der Waals surface area contributed by atoms with Crippen molar-refractivity contribution in [2.75, 3.05) is 25.9 Å². The summed E-state index contributed by atoms with van der Waals surface area (Å²) in [5.74, 6) is -3.05. The highest BCUT2D eigenvalue weighted by atomic mass is 16.6. The molecule has 268 valence electrons. The summed E-state index contributed by atoms with van der Waals surface area (Å²) in [6.07, 6.45) is 3.95. The Labute approximate surface area is 292 Å². The van der Waals surface area contributed by atoms with Crippen LogP contribution in [-0.4, -0.2) is 95.2 Å². The molecule has 0 unspecified atom stereocenters. The Balaban J connectivity index is 1.53. The van der Waals surface area contributed by atoms with Gasteiger partial charge in [0.05, 0.1) is 25.7 Å². The van der Waals surface area contributed by atoms with Gasteiger partial charge in [0.15, 0.2) is 5.60 Å². The molecule has 2 saturated heterocycles. The molecular weight excluding hydrogens is 623 g/mol. The Kier molecular flexibility index (Phi) is 12.6. The minimum absolute atomic E-state index is 0.198. The molecule has 0 bridgehead atoms. The molecule has 2 aliphatic rings. The number of carbonyl (C=O) groups is 3. The highest BCUT2D eigenvalue weighted by Gasteiger charge is 2.58. The number of anilines is 1. The average molecular weight is 679 g/mol. The van der Waals surface area contributed by atoms with Crippen LogP contribution in [0.2, 0.25) is 5.82 Å². The Morgan fingerprint density at radius 1 is 1.12 bits per heavy atom. The highest BCUT2D eigenvalue weighted by molar-refractivity contribution is 6.15. The van der Waals surface area contributed by atoms with Crippen molar-refractivity contribution in [3.8, 4) is 11.3 Å². The second-order valence-corrected chi connectivity index (χ2v) is 14.5. The molecule has 3 N–H and O–H groups in total. The first-order valence-electron chi connectivity index (χ1n) is 17.7. The van der Waals surface area contributed by atoms with Crippen LogP contribution in [0.5, 0.6) is 0 Å². The van der Waals surface area contributed by atoms with Gasteiger partial charge in [0.25, 0.3) is 0 Å². The number of aryl methyl sites for hydroxylation is 1. The van der Waals surface area contributed by atoms with Gasteiger partial charge in [-0.2, -0.15) is 0 Å².